The summed E-state index contributed by atoms with van der Waals surface area (Å²) in [5.41, 5.74) is 3.00. The number of nitrogens with zero attached hydrogens (tertiary/aromatic N) is 10. The van der Waals surface area contributed by atoms with Crippen LogP contribution in [0.5, 0.6) is 5.75 Å². The summed E-state index contributed by atoms with van der Waals surface area (Å²) in [5.74, 6) is -9.16. The molecule has 4 aliphatic rings. The van der Waals surface area contributed by atoms with Gasteiger partial charge in [0.1, 0.15) is 18.3 Å². The number of rotatable bonds is 32. The molecule has 4 aliphatic heterocycles. The summed E-state index contributed by atoms with van der Waals surface area (Å²) in [4.78, 5) is 146. The Balaban J connectivity index is 0.881. The lowest BCUT2D eigenvalue weighted by molar-refractivity contribution is -0.146. The lowest BCUT2D eigenvalue weighted by Gasteiger charge is -2.35. The predicted molar refractivity (Wildman–Crippen MR) is 342 cm³/mol. The van der Waals surface area contributed by atoms with Gasteiger partial charge in [-0.05, 0) is 68.9 Å². The molecule has 4 saturated heterocycles. The molecule has 3 atom stereocenters. The third-order valence-corrected chi connectivity index (χ3v) is 18.5. The van der Waals surface area contributed by atoms with Gasteiger partial charge in [0.05, 0.1) is 68.3 Å². The number of fused-ring (bicyclic) bond motifs is 1. The zero-order chi connectivity index (χ0) is 67.7. The number of halogens is 2. The fourth-order valence-electron chi connectivity index (χ4n) is 11.7. The maximum Gasteiger partial charge on any atom is 0.317 e. The first-order valence-corrected chi connectivity index (χ1v) is 33.0. The van der Waals surface area contributed by atoms with Crippen LogP contribution in [-0.4, -0.2) is 292 Å². The van der Waals surface area contributed by atoms with E-state index in [2.05, 4.69) is 38.0 Å². The number of thioether (sulfide) groups is 1. The van der Waals surface area contributed by atoms with Crippen LogP contribution in [0, 0.1) is 18.3 Å². The van der Waals surface area contributed by atoms with Gasteiger partial charge in [-0.3, -0.25) is 82.3 Å². The van der Waals surface area contributed by atoms with Crippen LogP contribution in [0.25, 0.3) is 10.9 Å². The minimum Gasteiger partial charge on any atom is -0.494 e. The number of unbranched alkanes of at least 4 members (excludes halogenated alkanes) is 2. The molecular formula is C64H87F2N13O14S. The number of nitriles is 1. The molecule has 512 valence electrons. The Kier molecular flexibility index (Phi) is 28.6. The molecule has 1 aromatic heterocycles. The minimum absolute atomic E-state index is 0.0320. The monoisotopic (exact) mass is 1330 g/mol. The number of alkyl halides is 2. The zero-order valence-corrected chi connectivity index (χ0v) is 54.0. The molecule has 1 unspecified atom stereocenters. The largest absolute Gasteiger partial charge is 0.494 e. The first-order chi connectivity index (χ1) is 45.0. The topological polar surface area (TPSA) is 339 Å². The Morgan fingerprint density at radius 2 is 1.33 bits per heavy atom. The Bertz CT molecular complexity index is 3140. The lowest BCUT2D eigenvalue weighted by atomic mass is 10.1. The Morgan fingerprint density at radius 3 is 1.95 bits per heavy atom. The van der Waals surface area contributed by atoms with Gasteiger partial charge in [-0.25, -0.2) is 8.78 Å². The molecule has 6 N–H and O–H groups in total. The van der Waals surface area contributed by atoms with E-state index in [1.165, 1.54) is 35.2 Å². The molecule has 94 heavy (non-hydrogen) atoms. The van der Waals surface area contributed by atoms with Crippen LogP contribution >= 0.6 is 11.8 Å². The molecule has 0 radical (unpaired) electrons. The average molecular weight is 1330 g/mol. The number of aromatic nitrogens is 1. The van der Waals surface area contributed by atoms with E-state index in [0.717, 1.165) is 29.1 Å². The van der Waals surface area contributed by atoms with Crippen LogP contribution in [0.3, 0.4) is 0 Å². The molecule has 0 saturated carbocycles. The SMILES string of the molecule is Cc1ccc(CCCC(=O)NCCCCC[C@H](CNC(=O)CN2CCN(CC(=O)O)CCN(CC(=O)O)CCN(CC(=O)O)CC2)SC2CC(=O)N(CC(=O)N3CCN(CCCOc4ccc5nccc(C(=O)NCC(=O)N6CC(F)(F)C[C@@H]6C#N)c5c4)CC3)C2=O)cc1. The van der Waals surface area contributed by atoms with E-state index >= 15 is 0 Å². The summed E-state index contributed by atoms with van der Waals surface area (Å²) in [6.07, 6.45) is 5.65. The summed E-state index contributed by atoms with van der Waals surface area (Å²) in [5, 5.41) is 45.9. The highest BCUT2D eigenvalue weighted by molar-refractivity contribution is 8.01. The van der Waals surface area contributed by atoms with Crippen LogP contribution in [0.15, 0.2) is 54.7 Å². The number of imide groups is 1. The molecule has 7 amide bonds. The van der Waals surface area contributed by atoms with Crippen LogP contribution in [0.1, 0.15) is 79.3 Å². The van der Waals surface area contributed by atoms with Crippen LogP contribution in [0.4, 0.5) is 8.78 Å². The predicted octanol–water partition coefficient (Wildman–Crippen LogP) is 1.47. The van der Waals surface area contributed by atoms with Gasteiger partial charge in [-0.2, -0.15) is 5.26 Å². The number of hydrogen-bond acceptors (Lipinski definition) is 19. The number of likely N-dealkylation sites (tertiary alicyclic amines) is 2. The first kappa shape index (κ1) is 73.5. The van der Waals surface area contributed by atoms with E-state index in [1.54, 1.807) is 43.9 Å². The number of pyridine rings is 1. The second kappa shape index (κ2) is 36.6. The normalized spacial score (nSPS) is 19.2. The quantitative estimate of drug-likeness (QED) is 0.0381. The first-order valence-electron chi connectivity index (χ1n) is 32.0. The number of aliphatic carboxylic acids is 3. The zero-order valence-electron chi connectivity index (χ0n) is 53.2. The molecule has 0 spiro atoms. The Hall–Kier alpha value is -7.95. The van der Waals surface area contributed by atoms with E-state index in [4.69, 9.17) is 4.74 Å². The van der Waals surface area contributed by atoms with Gasteiger partial charge in [-0.15, -0.1) is 11.8 Å². The number of carboxylic acids is 3. The lowest BCUT2D eigenvalue weighted by Crippen LogP contribution is -2.52. The van der Waals surface area contributed by atoms with E-state index in [-0.39, 0.29) is 120 Å². The fraction of sp³-hybridized carbons (Fsp3) is 0.594. The van der Waals surface area contributed by atoms with Crippen molar-refractivity contribution in [3.05, 3.63) is 71.4 Å². The number of nitrogens with one attached hydrogen (secondary N) is 3. The van der Waals surface area contributed by atoms with Crippen molar-refractivity contribution in [3.63, 3.8) is 0 Å². The number of benzene rings is 2. The summed E-state index contributed by atoms with van der Waals surface area (Å²) >= 11 is 1.27. The van der Waals surface area contributed by atoms with Crippen molar-refractivity contribution in [2.75, 3.05) is 151 Å². The second-order valence-corrected chi connectivity index (χ2v) is 25.8. The number of carbonyl (C=O) groups excluding carboxylic acids is 7. The smallest absolute Gasteiger partial charge is 0.317 e. The van der Waals surface area contributed by atoms with Crippen LogP contribution < -0.4 is 20.7 Å². The molecule has 3 aromatic rings. The highest BCUT2D eigenvalue weighted by atomic mass is 32.2. The molecule has 5 heterocycles. The third kappa shape index (κ3) is 24.1. The molecule has 27 nitrogen and oxygen atoms in total. The molecule has 0 aliphatic carbocycles. The van der Waals surface area contributed by atoms with Gasteiger partial charge < -0.3 is 45.8 Å². The Labute approximate surface area is 549 Å². The number of carbonyl (C=O) groups is 10. The molecule has 4 fully saturated rings. The third-order valence-electron chi connectivity index (χ3n) is 17.0. The summed E-state index contributed by atoms with van der Waals surface area (Å²) in [6.45, 7) is 4.14. The molecule has 7 rings (SSSR count). The minimum atomic E-state index is -3.19. The number of ether oxygens (including phenoxy) is 1. The number of amides is 7. The van der Waals surface area contributed by atoms with Crippen molar-refractivity contribution in [3.8, 4) is 11.8 Å². The molecular weight excluding hydrogens is 1240 g/mol. The fourth-order valence-corrected chi connectivity index (χ4v) is 13.2. The number of hydrogen-bond donors (Lipinski definition) is 6. The van der Waals surface area contributed by atoms with Crippen LogP contribution in [0.2, 0.25) is 0 Å². The average Bonchev–Trinajstić information content (AvgIpc) is 1.27. The summed E-state index contributed by atoms with van der Waals surface area (Å²) < 4.78 is 33.9. The van der Waals surface area contributed by atoms with Crippen molar-refractivity contribution in [2.45, 2.75) is 93.6 Å². The van der Waals surface area contributed by atoms with Crippen molar-refractivity contribution in [2.24, 2.45) is 0 Å². The van der Waals surface area contributed by atoms with Crippen molar-refractivity contribution in [1.82, 2.24) is 60.1 Å². The van der Waals surface area contributed by atoms with Gasteiger partial charge in [0.15, 0.2) is 0 Å². The Morgan fingerprint density at radius 1 is 0.713 bits per heavy atom. The van der Waals surface area contributed by atoms with Gasteiger partial charge in [0.25, 0.3) is 11.8 Å². The van der Waals surface area contributed by atoms with E-state index in [1.807, 2.05) is 24.0 Å². The van der Waals surface area contributed by atoms with E-state index in [0.29, 0.717) is 94.6 Å². The van der Waals surface area contributed by atoms with Crippen LogP contribution in [-0.2, 0) is 49.6 Å². The molecule has 0 bridgehead atoms. The van der Waals surface area contributed by atoms with Gasteiger partial charge in [-0.1, -0.05) is 42.7 Å². The standard InChI is InChI=1S/C64H87F2N13O14S/c1-45-10-12-46(13-11-45)7-5-9-54(80)69-17-4-2-3-8-49(37-70-55(81)39-73-20-22-74(41-59(85)86)24-26-76(43-61(89)90)27-25-75(23-21-73)42-60(87)88)94-53-34-56(82)78(63(53)92)40-58(84)77-30-28-72(29-31-77)19-6-32-93-48-14-15-52-51(33-48)50(16-18-68-52)62(91)71-38-57(83)79-44-64(65,66)35-47(79)36-67/h10-16,18,33,47,49,53H,2-9,17,19-32,34-35,37-44H2,1H3,(H,69,80)(H,70,81)(H,71,91)(H,85,86)(H,87,88)(H,89,90)/t47-,49-,53?/m1/s1. The van der Waals surface area contributed by atoms with Gasteiger partial charge in [0, 0.05) is 134 Å². The second-order valence-electron chi connectivity index (χ2n) is 24.3. The van der Waals surface area contributed by atoms with Gasteiger partial charge >= 0.3 is 17.9 Å². The van der Waals surface area contributed by atoms with Crippen molar-refractivity contribution >= 4 is 81.9 Å². The highest BCUT2D eigenvalue weighted by Gasteiger charge is 2.47. The maximum atomic E-state index is 14.1. The number of aryl methyl sites for hydroxylation is 2. The summed E-state index contributed by atoms with van der Waals surface area (Å²) in [7, 11) is 0. The molecule has 2 aromatic carbocycles. The van der Waals surface area contributed by atoms with Crippen molar-refractivity contribution < 1.29 is 76.8 Å². The van der Waals surface area contributed by atoms with Crippen molar-refractivity contribution in [1.29, 1.82) is 5.26 Å². The van der Waals surface area contributed by atoms with E-state index < -0.39 is 84.8 Å². The number of piperazine rings is 1. The molecule has 30 heteroatoms. The highest BCUT2D eigenvalue weighted by Crippen LogP contribution is 2.33. The van der Waals surface area contributed by atoms with E-state index in [9.17, 15) is 77.3 Å². The maximum absolute atomic E-state index is 14.1. The van der Waals surface area contributed by atoms with Gasteiger partial charge in [0.2, 0.25) is 35.4 Å². The summed E-state index contributed by atoms with van der Waals surface area (Å²) in [6, 6.07) is 15.1. The number of carboxylic acid groups (broad SMARTS) is 3.